The number of benzene rings is 1. The Morgan fingerprint density at radius 1 is 1.27 bits per heavy atom. The minimum absolute atomic E-state index is 0.0828. The molecule has 2 amide bonds. The number of carbonyl (C=O) groups is 3. The number of amides is 2. The van der Waals surface area contributed by atoms with Crippen LogP contribution >= 0.6 is 23.1 Å². The second-order valence-electron chi connectivity index (χ2n) is 5.75. The first-order valence-electron chi connectivity index (χ1n) is 7.94. The van der Waals surface area contributed by atoms with Crippen LogP contribution in [0.25, 0.3) is 0 Å². The topological polar surface area (TPSA) is 75.7 Å². The number of nitrogens with one attached hydrogen (secondary N) is 1. The molecule has 1 unspecified atom stereocenters. The average molecular weight is 390 g/mol. The summed E-state index contributed by atoms with van der Waals surface area (Å²) >= 11 is 2.83. The minimum Gasteiger partial charge on any atom is -0.465 e. The predicted octanol–water partition coefficient (Wildman–Crippen LogP) is 3.25. The number of thioether (sulfide) groups is 1. The molecule has 6 nitrogen and oxygen atoms in total. The van der Waals surface area contributed by atoms with Crippen molar-refractivity contribution in [2.24, 2.45) is 5.92 Å². The minimum atomic E-state index is -0.492. The van der Waals surface area contributed by atoms with Gasteiger partial charge < -0.3 is 15.0 Å². The van der Waals surface area contributed by atoms with Gasteiger partial charge >= 0.3 is 5.97 Å². The molecule has 0 spiro atoms. The van der Waals surface area contributed by atoms with Gasteiger partial charge in [0.1, 0.15) is 4.88 Å². The van der Waals surface area contributed by atoms with E-state index in [-0.39, 0.29) is 18.2 Å². The van der Waals surface area contributed by atoms with Crippen LogP contribution < -0.4 is 10.2 Å². The third-order valence-corrected chi connectivity index (χ3v) is 5.81. The van der Waals surface area contributed by atoms with Crippen LogP contribution in [-0.4, -0.2) is 37.7 Å². The van der Waals surface area contributed by atoms with Gasteiger partial charge in [-0.1, -0.05) is 0 Å². The standard InChI is InChI=1S/C18H18N2O4S2/c1-24-18(23)16-14(7-8-26-16)19-17(22)11-9-15(21)20(10-11)12-3-5-13(25-2)6-4-12/h3-8,11H,9-10H2,1-2H3,(H,19,22). The fraction of sp³-hybridized carbons (Fsp3) is 0.278. The van der Waals surface area contributed by atoms with Crippen LogP contribution in [0.4, 0.5) is 11.4 Å². The van der Waals surface area contributed by atoms with E-state index in [0.717, 1.165) is 10.6 Å². The highest BCUT2D eigenvalue weighted by Crippen LogP contribution is 2.29. The van der Waals surface area contributed by atoms with E-state index in [1.165, 1.54) is 18.4 Å². The van der Waals surface area contributed by atoms with E-state index in [1.54, 1.807) is 28.1 Å². The highest BCUT2D eigenvalue weighted by Gasteiger charge is 2.35. The van der Waals surface area contributed by atoms with Crippen molar-refractivity contribution in [2.75, 3.05) is 30.1 Å². The first kappa shape index (κ1) is 18.5. The van der Waals surface area contributed by atoms with Crippen molar-refractivity contribution in [3.8, 4) is 0 Å². The van der Waals surface area contributed by atoms with E-state index < -0.39 is 11.9 Å². The molecule has 8 heteroatoms. The monoisotopic (exact) mass is 390 g/mol. The molecule has 1 aromatic carbocycles. The van der Waals surface area contributed by atoms with Gasteiger partial charge in [0, 0.05) is 23.5 Å². The molecule has 0 radical (unpaired) electrons. The molecule has 2 heterocycles. The Balaban J connectivity index is 1.69. The summed E-state index contributed by atoms with van der Waals surface area (Å²) in [7, 11) is 1.30. The van der Waals surface area contributed by atoms with Crippen molar-refractivity contribution < 1.29 is 19.1 Å². The molecule has 1 saturated heterocycles. The summed E-state index contributed by atoms with van der Waals surface area (Å²) in [6, 6.07) is 9.34. The highest BCUT2D eigenvalue weighted by molar-refractivity contribution is 7.98. The molecule has 1 fully saturated rings. The molecule has 2 aromatic rings. The molecule has 0 aliphatic carbocycles. The van der Waals surface area contributed by atoms with Crippen molar-refractivity contribution in [1.82, 2.24) is 0 Å². The van der Waals surface area contributed by atoms with Crippen LogP contribution in [0.2, 0.25) is 0 Å². The Bertz CT molecular complexity index is 832. The molecule has 3 rings (SSSR count). The van der Waals surface area contributed by atoms with Gasteiger partial charge in [-0.05, 0) is 42.0 Å². The summed E-state index contributed by atoms with van der Waals surface area (Å²) in [4.78, 5) is 39.7. The Kier molecular flexibility index (Phi) is 5.63. The number of anilines is 2. The molecule has 136 valence electrons. The lowest BCUT2D eigenvalue weighted by Crippen LogP contribution is -2.28. The smallest absolute Gasteiger partial charge is 0.350 e. The maximum atomic E-state index is 12.6. The van der Waals surface area contributed by atoms with Gasteiger partial charge in [0.25, 0.3) is 0 Å². The fourth-order valence-corrected chi connectivity index (χ4v) is 3.96. The quantitative estimate of drug-likeness (QED) is 0.627. The van der Waals surface area contributed by atoms with Gasteiger partial charge in [-0.3, -0.25) is 9.59 Å². The van der Waals surface area contributed by atoms with Crippen LogP contribution in [0.1, 0.15) is 16.1 Å². The van der Waals surface area contributed by atoms with E-state index in [1.807, 2.05) is 30.5 Å². The number of nitrogens with zero attached hydrogens (tertiary/aromatic N) is 1. The van der Waals surface area contributed by atoms with Crippen LogP contribution in [-0.2, 0) is 14.3 Å². The van der Waals surface area contributed by atoms with E-state index in [0.29, 0.717) is 17.1 Å². The van der Waals surface area contributed by atoms with Crippen molar-refractivity contribution in [3.05, 3.63) is 40.6 Å². The van der Waals surface area contributed by atoms with E-state index in [2.05, 4.69) is 5.32 Å². The molecule has 0 bridgehead atoms. The second-order valence-corrected chi connectivity index (χ2v) is 7.54. The highest BCUT2D eigenvalue weighted by atomic mass is 32.2. The third-order valence-electron chi connectivity index (χ3n) is 4.17. The maximum Gasteiger partial charge on any atom is 0.350 e. The lowest BCUT2D eigenvalue weighted by Gasteiger charge is -2.17. The summed E-state index contributed by atoms with van der Waals surface area (Å²) in [5, 5.41) is 4.46. The normalized spacial score (nSPS) is 16.6. The van der Waals surface area contributed by atoms with Gasteiger partial charge in [0.05, 0.1) is 18.7 Å². The van der Waals surface area contributed by atoms with E-state index in [4.69, 9.17) is 4.74 Å². The number of thiophene rings is 1. The zero-order chi connectivity index (χ0) is 18.7. The van der Waals surface area contributed by atoms with Crippen LogP contribution in [0.15, 0.2) is 40.6 Å². The number of esters is 1. The number of ether oxygens (including phenoxy) is 1. The zero-order valence-electron chi connectivity index (χ0n) is 14.4. The average Bonchev–Trinajstić information content (AvgIpc) is 3.27. The molecule has 1 aliphatic heterocycles. The van der Waals surface area contributed by atoms with Gasteiger partial charge in [0.2, 0.25) is 11.8 Å². The molecule has 1 aromatic heterocycles. The van der Waals surface area contributed by atoms with Crippen LogP contribution in [0.3, 0.4) is 0 Å². The lowest BCUT2D eigenvalue weighted by molar-refractivity contribution is -0.122. The van der Waals surface area contributed by atoms with Crippen molar-refractivity contribution in [3.63, 3.8) is 0 Å². The van der Waals surface area contributed by atoms with E-state index in [9.17, 15) is 14.4 Å². The fourth-order valence-electron chi connectivity index (χ4n) is 2.79. The number of methoxy groups -OCH3 is 1. The van der Waals surface area contributed by atoms with Gasteiger partial charge in [-0.25, -0.2) is 4.79 Å². The number of carbonyl (C=O) groups excluding carboxylic acids is 3. The van der Waals surface area contributed by atoms with Gasteiger partial charge in [0.15, 0.2) is 0 Å². The molecule has 1 N–H and O–H groups in total. The van der Waals surface area contributed by atoms with Gasteiger partial charge in [-0.2, -0.15) is 0 Å². The summed E-state index contributed by atoms with van der Waals surface area (Å²) in [6.45, 7) is 0.320. The summed E-state index contributed by atoms with van der Waals surface area (Å²) < 4.78 is 4.71. The summed E-state index contributed by atoms with van der Waals surface area (Å²) in [5.41, 5.74) is 1.20. The molecular weight excluding hydrogens is 372 g/mol. The predicted molar refractivity (Wildman–Crippen MR) is 103 cm³/mol. The molecule has 1 atom stereocenters. The van der Waals surface area contributed by atoms with Crippen molar-refractivity contribution in [2.45, 2.75) is 11.3 Å². The summed E-state index contributed by atoms with van der Waals surface area (Å²) in [5.74, 6) is -1.31. The van der Waals surface area contributed by atoms with E-state index >= 15 is 0 Å². The first-order valence-corrected chi connectivity index (χ1v) is 10.0. The molecular formula is C18H18N2O4S2. The Morgan fingerprint density at radius 2 is 2.00 bits per heavy atom. The Morgan fingerprint density at radius 3 is 2.65 bits per heavy atom. The Hall–Kier alpha value is -2.32. The van der Waals surface area contributed by atoms with Gasteiger partial charge in [-0.15, -0.1) is 23.1 Å². The van der Waals surface area contributed by atoms with Crippen molar-refractivity contribution in [1.29, 1.82) is 0 Å². The third kappa shape index (κ3) is 3.76. The van der Waals surface area contributed by atoms with Crippen molar-refractivity contribution >= 4 is 52.3 Å². The lowest BCUT2D eigenvalue weighted by atomic mass is 10.1. The summed E-state index contributed by atoms with van der Waals surface area (Å²) in [6.07, 6.45) is 2.14. The number of rotatable bonds is 5. The second kappa shape index (κ2) is 7.92. The number of hydrogen-bond donors (Lipinski definition) is 1. The van der Waals surface area contributed by atoms with Crippen LogP contribution in [0.5, 0.6) is 0 Å². The first-order chi connectivity index (χ1) is 12.5. The molecule has 0 saturated carbocycles. The van der Waals surface area contributed by atoms with Crippen LogP contribution in [0, 0.1) is 5.92 Å². The molecule has 1 aliphatic rings. The maximum absolute atomic E-state index is 12.6. The number of hydrogen-bond acceptors (Lipinski definition) is 6. The molecule has 26 heavy (non-hydrogen) atoms. The Labute approximate surface area is 159 Å². The largest absolute Gasteiger partial charge is 0.465 e. The zero-order valence-corrected chi connectivity index (χ0v) is 16.0. The SMILES string of the molecule is COC(=O)c1sccc1NC(=O)C1CC(=O)N(c2ccc(SC)cc2)C1.